The van der Waals surface area contributed by atoms with Crippen molar-refractivity contribution in [3.63, 3.8) is 0 Å². The fourth-order valence-electron chi connectivity index (χ4n) is 4.47. The molecule has 0 aliphatic carbocycles. The predicted molar refractivity (Wildman–Crippen MR) is 142 cm³/mol. The van der Waals surface area contributed by atoms with Crippen molar-refractivity contribution in [2.24, 2.45) is 4.99 Å². The summed E-state index contributed by atoms with van der Waals surface area (Å²) in [6.07, 6.45) is 2.27. The van der Waals surface area contributed by atoms with E-state index in [0.717, 1.165) is 70.3 Å². The van der Waals surface area contributed by atoms with Crippen LogP contribution in [0.15, 0.2) is 53.5 Å². The average molecular weight is 565 g/mol. The molecule has 0 spiro atoms. The van der Waals surface area contributed by atoms with Crippen LogP contribution in [0.5, 0.6) is 0 Å². The van der Waals surface area contributed by atoms with Crippen molar-refractivity contribution in [3.8, 4) is 0 Å². The van der Waals surface area contributed by atoms with Crippen LogP contribution in [0.1, 0.15) is 24.0 Å². The highest BCUT2D eigenvalue weighted by Gasteiger charge is 2.21. The van der Waals surface area contributed by atoms with Crippen LogP contribution in [0.3, 0.4) is 0 Å². The molecule has 0 aromatic heterocycles. The lowest BCUT2D eigenvalue weighted by Crippen LogP contribution is -2.52. The van der Waals surface area contributed by atoms with Gasteiger partial charge in [-0.25, -0.2) is 4.39 Å². The Hall–Kier alpha value is -2.36. The molecule has 0 bridgehead atoms. The number of rotatable bonds is 5. The van der Waals surface area contributed by atoms with Crippen LogP contribution in [0.2, 0.25) is 0 Å². The molecule has 2 heterocycles. The standard InChI is InChI=1S/C25H32FN5O.HI/c1-27-25(30-17-15-29(16-18-30)23-10-8-22(26)9-11-23)28-13-4-7-24(32)31-14-12-20-5-2-3-6-21(20)19-31;/h2-3,5-6,8-11H,4,7,12-19H2,1H3,(H,27,28);1H. The quantitative estimate of drug-likeness (QED) is 0.261. The molecule has 2 aromatic carbocycles. The summed E-state index contributed by atoms with van der Waals surface area (Å²) >= 11 is 0. The lowest BCUT2D eigenvalue weighted by atomic mass is 9.99. The molecule has 2 aliphatic rings. The molecule has 1 N–H and O–H groups in total. The molecule has 1 saturated heterocycles. The number of benzene rings is 2. The predicted octanol–water partition coefficient (Wildman–Crippen LogP) is 3.51. The van der Waals surface area contributed by atoms with Crippen LogP contribution in [0, 0.1) is 5.82 Å². The SMILES string of the molecule is CN=C(NCCCC(=O)N1CCc2ccccc2C1)N1CCN(c2ccc(F)cc2)CC1.I. The number of fused-ring (bicyclic) bond motifs is 1. The van der Waals surface area contributed by atoms with Gasteiger partial charge in [0.05, 0.1) is 0 Å². The molecule has 178 valence electrons. The zero-order chi connectivity index (χ0) is 22.3. The first-order valence-corrected chi connectivity index (χ1v) is 11.4. The van der Waals surface area contributed by atoms with Crippen molar-refractivity contribution in [2.75, 3.05) is 51.2 Å². The summed E-state index contributed by atoms with van der Waals surface area (Å²) in [5.74, 6) is 0.896. The number of aliphatic imine (C=N–C) groups is 1. The maximum absolute atomic E-state index is 13.2. The molecule has 2 aliphatic heterocycles. The molecule has 2 aromatic rings. The number of nitrogens with one attached hydrogen (secondary N) is 1. The van der Waals surface area contributed by atoms with Crippen molar-refractivity contribution in [3.05, 3.63) is 65.5 Å². The van der Waals surface area contributed by atoms with Crippen LogP contribution in [-0.2, 0) is 17.8 Å². The van der Waals surface area contributed by atoms with E-state index in [-0.39, 0.29) is 35.7 Å². The van der Waals surface area contributed by atoms with Gasteiger partial charge < -0.3 is 20.0 Å². The molecule has 0 atom stereocenters. The first-order chi connectivity index (χ1) is 15.6. The van der Waals surface area contributed by atoms with E-state index in [1.807, 2.05) is 23.1 Å². The number of piperazine rings is 1. The van der Waals surface area contributed by atoms with Crippen molar-refractivity contribution in [2.45, 2.75) is 25.8 Å². The molecule has 0 saturated carbocycles. The zero-order valence-electron chi connectivity index (χ0n) is 19.2. The monoisotopic (exact) mass is 565 g/mol. The van der Waals surface area contributed by atoms with E-state index in [1.165, 1.54) is 23.3 Å². The van der Waals surface area contributed by atoms with E-state index in [2.05, 4.69) is 38.3 Å². The highest BCUT2D eigenvalue weighted by Crippen LogP contribution is 2.19. The number of guanidine groups is 1. The van der Waals surface area contributed by atoms with Gasteiger partial charge in [-0.3, -0.25) is 9.79 Å². The fraction of sp³-hybridized carbons (Fsp3) is 0.440. The number of nitrogens with zero attached hydrogens (tertiary/aromatic N) is 4. The third-order valence-electron chi connectivity index (χ3n) is 6.32. The number of anilines is 1. The van der Waals surface area contributed by atoms with Crippen LogP contribution >= 0.6 is 24.0 Å². The lowest BCUT2D eigenvalue weighted by molar-refractivity contribution is -0.132. The van der Waals surface area contributed by atoms with E-state index >= 15 is 0 Å². The minimum absolute atomic E-state index is 0. The van der Waals surface area contributed by atoms with Crippen LogP contribution in [0.25, 0.3) is 0 Å². The second-order valence-electron chi connectivity index (χ2n) is 8.36. The van der Waals surface area contributed by atoms with E-state index in [4.69, 9.17) is 0 Å². The van der Waals surface area contributed by atoms with Crippen molar-refractivity contribution in [1.29, 1.82) is 0 Å². The van der Waals surface area contributed by atoms with Gasteiger partial charge in [0.2, 0.25) is 5.91 Å². The number of carbonyl (C=O) groups is 1. The second-order valence-corrected chi connectivity index (χ2v) is 8.36. The Morgan fingerprint density at radius 2 is 1.67 bits per heavy atom. The van der Waals surface area contributed by atoms with Gasteiger partial charge in [0.1, 0.15) is 5.82 Å². The summed E-state index contributed by atoms with van der Waals surface area (Å²) in [4.78, 5) is 23.5. The minimum atomic E-state index is -0.208. The van der Waals surface area contributed by atoms with Crippen LogP contribution < -0.4 is 10.2 Å². The number of halogens is 2. The average Bonchev–Trinajstić information content (AvgIpc) is 2.84. The summed E-state index contributed by atoms with van der Waals surface area (Å²) < 4.78 is 13.2. The Bertz CT molecular complexity index is 944. The van der Waals surface area contributed by atoms with Crippen molar-refractivity contribution >= 4 is 41.5 Å². The Morgan fingerprint density at radius 3 is 2.36 bits per heavy atom. The molecule has 0 unspecified atom stereocenters. The first-order valence-electron chi connectivity index (χ1n) is 11.4. The van der Waals surface area contributed by atoms with Gasteiger partial charge in [0.15, 0.2) is 5.96 Å². The fourth-order valence-corrected chi connectivity index (χ4v) is 4.47. The second kappa shape index (κ2) is 12.2. The smallest absolute Gasteiger partial charge is 0.222 e. The first kappa shape index (κ1) is 25.3. The Kier molecular flexibility index (Phi) is 9.34. The number of hydrogen-bond donors (Lipinski definition) is 1. The number of hydrogen-bond acceptors (Lipinski definition) is 3. The molecule has 6 nitrogen and oxygen atoms in total. The molecule has 0 radical (unpaired) electrons. The molecule has 4 rings (SSSR count). The molecular formula is C25H33FIN5O. The zero-order valence-corrected chi connectivity index (χ0v) is 21.5. The Balaban J connectivity index is 0.00000306. The van der Waals surface area contributed by atoms with E-state index in [9.17, 15) is 9.18 Å². The van der Waals surface area contributed by atoms with Crippen molar-refractivity contribution in [1.82, 2.24) is 15.1 Å². The summed E-state index contributed by atoms with van der Waals surface area (Å²) in [7, 11) is 1.80. The molecule has 1 fully saturated rings. The van der Waals surface area contributed by atoms with Gasteiger partial charge in [-0.15, -0.1) is 24.0 Å². The normalized spacial score (nSPS) is 16.2. The molecule has 33 heavy (non-hydrogen) atoms. The van der Waals surface area contributed by atoms with Crippen LogP contribution in [0.4, 0.5) is 10.1 Å². The van der Waals surface area contributed by atoms with Gasteiger partial charge in [0, 0.05) is 65.0 Å². The van der Waals surface area contributed by atoms with Crippen LogP contribution in [-0.4, -0.2) is 68.0 Å². The van der Waals surface area contributed by atoms with Gasteiger partial charge in [-0.05, 0) is 48.2 Å². The highest BCUT2D eigenvalue weighted by atomic mass is 127. The van der Waals surface area contributed by atoms with Gasteiger partial charge in [0.25, 0.3) is 0 Å². The summed E-state index contributed by atoms with van der Waals surface area (Å²) in [6, 6.07) is 15.1. The van der Waals surface area contributed by atoms with E-state index in [1.54, 1.807) is 7.05 Å². The largest absolute Gasteiger partial charge is 0.368 e. The Labute approximate surface area is 212 Å². The summed E-state index contributed by atoms with van der Waals surface area (Å²) in [6.45, 7) is 5.68. The van der Waals surface area contributed by atoms with E-state index < -0.39 is 0 Å². The maximum Gasteiger partial charge on any atom is 0.222 e. The lowest BCUT2D eigenvalue weighted by Gasteiger charge is -2.37. The van der Waals surface area contributed by atoms with Gasteiger partial charge in [-0.1, -0.05) is 24.3 Å². The minimum Gasteiger partial charge on any atom is -0.368 e. The topological polar surface area (TPSA) is 51.2 Å². The highest BCUT2D eigenvalue weighted by molar-refractivity contribution is 14.0. The summed E-state index contributed by atoms with van der Waals surface area (Å²) in [5, 5.41) is 3.41. The molecular weight excluding hydrogens is 532 g/mol. The Morgan fingerprint density at radius 1 is 0.970 bits per heavy atom. The third kappa shape index (κ3) is 6.59. The molecule has 1 amide bonds. The van der Waals surface area contributed by atoms with E-state index in [0.29, 0.717) is 6.42 Å². The molecule has 8 heteroatoms. The maximum atomic E-state index is 13.2. The third-order valence-corrected chi connectivity index (χ3v) is 6.32. The number of carbonyl (C=O) groups excluding carboxylic acids is 1. The van der Waals surface area contributed by atoms with Crippen molar-refractivity contribution < 1.29 is 9.18 Å². The summed E-state index contributed by atoms with van der Waals surface area (Å²) in [5.41, 5.74) is 3.68. The van der Waals surface area contributed by atoms with Gasteiger partial charge >= 0.3 is 0 Å². The van der Waals surface area contributed by atoms with Gasteiger partial charge in [-0.2, -0.15) is 0 Å². The number of amides is 1.